The summed E-state index contributed by atoms with van der Waals surface area (Å²) in [6, 6.07) is 10.8. The zero-order chi connectivity index (χ0) is 23.4. The number of nitrogens with zero attached hydrogens (tertiary/aromatic N) is 6. The van der Waals surface area contributed by atoms with Crippen LogP contribution in [0.3, 0.4) is 0 Å². The Kier molecular flexibility index (Phi) is 4.95. The predicted octanol–water partition coefficient (Wildman–Crippen LogP) is 3.98. The van der Waals surface area contributed by atoms with Gasteiger partial charge in [-0.25, -0.2) is 19.3 Å². The van der Waals surface area contributed by atoms with Crippen LogP contribution in [0, 0.1) is 5.82 Å². The van der Waals surface area contributed by atoms with Gasteiger partial charge in [-0.1, -0.05) is 19.9 Å². The van der Waals surface area contributed by atoms with E-state index in [0.717, 1.165) is 35.4 Å². The highest BCUT2D eigenvalue weighted by Gasteiger charge is 2.37. The van der Waals surface area contributed by atoms with Gasteiger partial charge >= 0.3 is 0 Å². The van der Waals surface area contributed by atoms with E-state index in [-0.39, 0.29) is 5.69 Å². The molecule has 2 bridgehead atoms. The minimum absolute atomic E-state index is 0.246. The summed E-state index contributed by atoms with van der Waals surface area (Å²) in [5.41, 5.74) is 4.04. The molecule has 1 aromatic carbocycles. The number of pyridine rings is 1. The van der Waals surface area contributed by atoms with Crippen molar-refractivity contribution in [3.05, 3.63) is 54.2 Å². The number of piperazine rings is 1. The molecule has 2 aliphatic rings. The summed E-state index contributed by atoms with van der Waals surface area (Å²) in [7, 11) is 1.94. The van der Waals surface area contributed by atoms with Gasteiger partial charge in [0.2, 0.25) is 5.95 Å². The number of halogens is 1. The lowest BCUT2D eigenvalue weighted by molar-refractivity contribution is 0.580. The van der Waals surface area contributed by atoms with Crippen LogP contribution in [0.15, 0.2) is 42.7 Å². The van der Waals surface area contributed by atoms with Crippen molar-refractivity contribution in [1.29, 1.82) is 0 Å². The normalized spacial score (nSPS) is 19.5. The first kappa shape index (κ1) is 21.0. The molecular weight excluding hydrogens is 431 g/mol. The molecule has 9 heteroatoms. The van der Waals surface area contributed by atoms with E-state index < -0.39 is 5.82 Å². The van der Waals surface area contributed by atoms with E-state index in [2.05, 4.69) is 55.5 Å². The van der Waals surface area contributed by atoms with Crippen LogP contribution in [0.5, 0.6) is 0 Å². The molecule has 4 aromatic rings. The van der Waals surface area contributed by atoms with Gasteiger partial charge in [0, 0.05) is 48.9 Å². The molecule has 2 atom stereocenters. The molecule has 0 saturated carbocycles. The Morgan fingerprint density at radius 3 is 2.74 bits per heavy atom. The number of aryl methyl sites for hydroxylation is 1. The monoisotopic (exact) mass is 458 g/mol. The smallest absolute Gasteiger partial charge is 0.229 e. The number of aromatic nitrogens is 5. The van der Waals surface area contributed by atoms with Crippen LogP contribution in [0.4, 0.5) is 21.8 Å². The van der Waals surface area contributed by atoms with Gasteiger partial charge < -0.3 is 15.5 Å². The molecule has 6 rings (SSSR count). The van der Waals surface area contributed by atoms with Gasteiger partial charge in [-0.2, -0.15) is 5.10 Å². The average molecular weight is 459 g/mol. The Bertz CT molecular complexity index is 1360. The molecule has 0 radical (unpaired) electrons. The maximum atomic E-state index is 14.8. The van der Waals surface area contributed by atoms with Gasteiger partial charge in [0.05, 0.1) is 23.6 Å². The fraction of sp³-hybridized carbons (Fsp3) is 0.360. The first-order valence-corrected chi connectivity index (χ1v) is 11.7. The van der Waals surface area contributed by atoms with Crippen molar-refractivity contribution in [2.24, 2.45) is 7.05 Å². The van der Waals surface area contributed by atoms with Crippen LogP contribution >= 0.6 is 0 Å². The zero-order valence-corrected chi connectivity index (χ0v) is 19.5. The molecule has 5 heterocycles. The van der Waals surface area contributed by atoms with Crippen molar-refractivity contribution < 1.29 is 4.39 Å². The van der Waals surface area contributed by atoms with E-state index in [1.54, 1.807) is 0 Å². The lowest BCUT2D eigenvalue weighted by Crippen LogP contribution is -2.43. The Hall–Kier alpha value is -3.59. The molecule has 2 saturated heterocycles. The molecule has 8 nitrogen and oxygen atoms in total. The number of anilines is 3. The maximum absolute atomic E-state index is 14.8. The van der Waals surface area contributed by atoms with Crippen molar-refractivity contribution in [2.45, 2.75) is 38.3 Å². The minimum atomic E-state index is -0.471. The number of hydrogen-bond donors (Lipinski definition) is 2. The van der Waals surface area contributed by atoms with Crippen molar-refractivity contribution in [2.75, 3.05) is 23.3 Å². The summed E-state index contributed by atoms with van der Waals surface area (Å²) in [4.78, 5) is 15.6. The Morgan fingerprint density at radius 2 is 2.03 bits per heavy atom. The third kappa shape index (κ3) is 3.56. The second-order valence-electron chi connectivity index (χ2n) is 9.46. The molecule has 0 amide bonds. The summed E-state index contributed by atoms with van der Waals surface area (Å²) in [6.45, 7) is 6.30. The van der Waals surface area contributed by atoms with Crippen molar-refractivity contribution in [3.8, 4) is 11.3 Å². The standard InChI is InChI=1S/C25H27FN8/c1-14(2)24-19-8-15(4-6-21(19)32-33(24)3)23-20(26)12-29-25(31-23)30-22-7-5-17(10-28-22)34-13-16-9-18(34)11-27-16/h4-8,10,12,14,16,18,27H,9,11,13H2,1-3H3,(H,28,29,30,31)/t16-,18-/m0/s1. The van der Waals surface area contributed by atoms with Gasteiger partial charge in [-0.05, 0) is 36.6 Å². The second-order valence-corrected chi connectivity index (χ2v) is 9.46. The van der Waals surface area contributed by atoms with Crippen LogP contribution in [-0.2, 0) is 7.05 Å². The van der Waals surface area contributed by atoms with E-state index in [9.17, 15) is 4.39 Å². The fourth-order valence-corrected chi connectivity index (χ4v) is 5.30. The fourth-order valence-electron chi connectivity index (χ4n) is 5.30. The topological polar surface area (TPSA) is 83.8 Å². The van der Waals surface area contributed by atoms with E-state index in [0.29, 0.717) is 35.3 Å². The summed E-state index contributed by atoms with van der Waals surface area (Å²) in [5, 5.41) is 12.2. The van der Waals surface area contributed by atoms with Crippen LogP contribution in [0.2, 0.25) is 0 Å². The number of nitrogens with one attached hydrogen (secondary N) is 2. The molecule has 0 aliphatic carbocycles. The van der Waals surface area contributed by atoms with E-state index in [1.807, 2.05) is 42.2 Å². The van der Waals surface area contributed by atoms with E-state index in [4.69, 9.17) is 0 Å². The Morgan fingerprint density at radius 1 is 1.15 bits per heavy atom. The predicted molar refractivity (Wildman–Crippen MR) is 131 cm³/mol. The van der Waals surface area contributed by atoms with Crippen molar-refractivity contribution in [1.82, 2.24) is 30.0 Å². The number of hydrogen-bond acceptors (Lipinski definition) is 7. The van der Waals surface area contributed by atoms with E-state index >= 15 is 0 Å². The van der Waals surface area contributed by atoms with Gasteiger partial charge in [-0.15, -0.1) is 0 Å². The number of fused-ring (bicyclic) bond motifs is 3. The molecular formula is C25H27FN8. The lowest BCUT2D eigenvalue weighted by Gasteiger charge is -2.29. The molecule has 34 heavy (non-hydrogen) atoms. The zero-order valence-electron chi connectivity index (χ0n) is 19.5. The number of rotatable bonds is 5. The minimum Gasteiger partial charge on any atom is -0.364 e. The largest absolute Gasteiger partial charge is 0.364 e. The van der Waals surface area contributed by atoms with Crippen LogP contribution in [0.25, 0.3) is 22.2 Å². The van der Waals surface area contributed by atoms with Crippen molar-refractivity contribution >= 4 is 28.4 Å². The highest BCUT2D eigenvalue weighted by molar-refractivity contribution is 5.86. The number of benzene rings is 1. The van der Waals surface area contributed by atoms with Crippen LogP contribution < -0.4 is 15.5 Å². The van der Waals surface area contributed by atoms with Gasteiger partial charge in [0.15, 0.2) is 5.82 Å². The average Bonchev–Trinajstić information content (AvgIpc) is 3.54. The quantitative estimate of drug-likeness (QED) is 0.468. The second kappa shape index (κ2) is 8.02. The summed E-state index contributed by atoms with van der Waals surface area (Å²) in [5.74, 6) is 0.740. The molecule has 2 fully saturated rings. The molecule has 2 aliphatic heterocycles. The van der Waals surface area contributed by atoms with Gasteiger partial charge in [0.25, 0.3) is 0 Å². The van der Waals surface area contributed by atoms with Gasteiger partial charge in [-0.3, -0.25) is 4.68 Å². The summed E-state index contributed by atoms with van der Waals surface area (Å²) < 4.78 is 16.6. The summed E-state index contributed by atoms with van der Waals surface area (Å²) >= 11 is 0. The highest BCUT2D eigenvalue weighted by Crippen LogP contribution is 2.31. The lowest BCUT2D eigenvalue weighted by atomic mass is 10.0. The molecule has 174 valence electrons. The first-order valence-electron chi connectivity index (χ1n) is 11.7. The van der Waals surface area contributed by atoms with Crippen molar-refractivity contribution in [3.63, 3.8) is 0 Å². The van der Waals surface area contributed by atoms with E-state index in [1.165, 1.54) is 12.6 Å². The molecule has 0 unspecified atom stereocenters. The third-order valence-electron chi connectivity index (χ3n) is 6.82. The molecule has 0 spiro atoms. The Balaban J connectivity index is 1.27. The van der Waals surface area contributed by atoms with Crippen LogP contribution in [-0.4, -0.2) is 49.9 Å². The van der Waals surface area contributed by atoms with Gasteiger partial charge in [0.1, 0.15) is 11.5 Å². The third-order valence-corrected chi connectivity index (χ3v) is 6.82. The molecule has 2 N–H and O–H groups in total. The summed E-state index contributed by atoms with van der Waals surface area (Å²) in [6.07, 6.45) is 4.26. The maximum Gasteiger partial charge on any atom is 0.229 e. The molecule has 3 aromatic heterocycles. The Labute approximate surface area is 197 Å². The van der Waals surface area contributed by atoms with Crippen LogP contribution in [0.1, 0.15) is 31.9 Å². The first-order chi connectivity index (χ1) is 16.5. The highest BCUT2D eigenvalue weighted by atomic mass is 19.1. The SMILES string of the molecule is CC(C)c1c2cc(-c3nc(Nc4ccc(N5C[C@@H]6C[C@H]5CN6)cn4)ncc3F)ccc2nn1C.